The van der Waals surface area contributed by atoms with Crippen LogP contribution in [0.4, 0.5) is 0 Å². The van der Waals surface area contributed by atoms with Crippen LogP contribution in [0.25, 0.3) is 0 Å². The van der Waals surface area contributed by atoms with Crippen molar-refractivity contribution in [3.8, 4) is 0 Å². The van der Waals surface area contributed by atoms with Crippen molar-refractivity contribution in [1.29, 1.82) is 0 Å². The number of esters is 3. The topological polar surface area (TPSA) is 78.9 Å². The molecule has 324 valence electrons. The van der Waals surface area contributed by atoms with Gasteiger partial charge >= 0.3 is 17.9 Å². The number of carbonyl (C=O) groups is 3. The van der Waals surface area contributed by atoms with Gasteiger partial charge in [-0.2, -0.15) is 0 Å². The van der Waals surface area contributed by atoms with E-state index in [2.05, 4.69) is 32.9 Å². The van der Waals surface area contributed by atoms with E-state index in [9.17, 15) is 14.4 Å². The maximum atomic E-state index is 12.7. The van der Waals surface area contributed by atoms with Crippen molar-refractivity contribution in [2.45, 2.75) is 271 Å². The van der Waals surface area contributed by atoms with E-state index < -0.39 is 6.10 Å². The molecule has 0 saturated carbocycles. The second kappa shape index (κ2) is 44.9. The monoisotopic (exact) mass is 777 g/mol. The zero-order valence-electron chi connectivity index (χ0n) is 37.0. The van der Waals surface area contributed by atoms with Gasteiger partial charge in [0.1, 0.15) is 13.2 Å². The van der Waals surface area contributed by atoms with E-state index >= 15 is 0 Å². The first-order valence-corrected chi connectivity index (χ1v) is 24.2. The Bertz CT molecular complexity index is 854. The highest BCUT2D eigenvalue weighted by molar-refractivity contribution is 5.71. The molecule has 0 saturated heterocycles. The highest BCUT2D eigenvalue weighted by atomic mass is 16.6. The molecule has 55 heavy (non-hydrogen) atoms. The van der Waals surface area contributed by atoms with Crippen molar-refractivity contribution in [2.24, 2.45) is 0 Å². The number of allylic oxidation sites excluding steroid dienone is 2. The summed E-state index contributed by atoms with van der Waals surface area (Å²) in [6.07, 6.45) is 47.6. The molecular formula is C49H92O6. The normalized spacial score (nSPS) is 12.0. The molecule has 0 bridgehead atoms. The molecule has 1 atom stereocenters. The minimum absolute atomic E-state index is 0.0679. The van der Waals surface area contributed by atoms with Crippen molar-refractivity contribution < 1.29 is 28.6 Å². The summed E-state index contributed by atoms with van der Waals surface area (Å²) in [5.74, 6) is -0.867. The van der Waals surface area contributed by atoms with E-state index in [0.29, 0.717) is 19.3 Å². The van der Waals surface area contributed by atoms with E-state index in [0.717, 1.165) is 64.2 Å². The van der Waals surface area contributed by atoms with Gasteiger partial charge in [-0.1, -0.05) is 213 Å². The van der Waals surface area contributed by atoms with Crippen LogP contribution < -0.4 is 0 Å². The fourth-order valence-corrected chi connectivity index (χ4v) is 7.08. The fourth-order valence-electron chi connectivity index (χ4n) is 7.08. The van der Waals surface area contributed by atoms with Crippen molar-refractivity contribution in [3.05, 3.63) is 12.2 Å². The lowest BCUT2D eigenvalue weighted by Gasteiger charge is -2.18. The maximum absolute atomic E-state index is 12.7. The van der Waals surface area contributed by atoms with Gasteiger partial charge in [-0.05, 0) is 44.9 Å². The molecule has 0 N–H and O–H groups in total. The Morgan fingerprint density at radius 1 is 0.345 bits per heavy atom. The molecule has 6 nitrogen and oxygen atoms in total. The van der Waals surface area contributed by atoms with Crippen molar-refractivity contribution in [3.63, 3.8) is 0 Å². The molecule has 0 aliphatic heterocycles. The summed E-state index contributed by atoms with van der Waals surface area (Å²) in [5.41, 5.74) is 0. The van der Waals surface area contributed by atoms with Crippen LogP contribution >= 0.6 is 0 Å². The van der Waals surface area contributed by atoms with Gasteiger partial charge in [-0.3, -0.25) is 14.4 Å². The highest BCUT2D eigenvalue weighted by Gasteiger charge is 2.19. The summed E-state index contributed by atoms with van der Waals surface area (Å²) < 4.78 is 16.7. The largest absolute Gasteiger partial charge is 0.462 e. The molecule has 0 fully saturated rings. The van der Waals surface area contributed by atoms with Gasteiger partial charge in [0.2, 0.25) is 0 Å². The zero-order chi connectivity index (χ0) is 40.1. The molecule has 0 aromatic heterocycles. The van der Waals surface area contributed by atoms with Gasteiger partial charge in [-0.25, -0.2) is 0 Å². The standard InChI is InChI=1S/C49H92O6/c1-4-7-10-13-16-19-22-23-24-25-28-30-33-36-39-42-48(51)54-45-46(55-49(52)43-40-37-34-31-27-21-18-15-12-9-6-3)44-53-47(50)41-38-35-32-29-26-20-17-14-11-8-5-2/h23-24,46H,4-22,25-45H2,1-3H3/b24-23-/t46-/m1/s1. The molecule has 0 unspecified atom stereocenters. The summed E-state index contributed by atoms with van der Waals surface area (Å²) in [6.45, 7) is 6.63. The third-order valence-corrected chi connectivity index (χ3v) is 10.8. The SMILES string of the molecule is CCCCCCCC/C=C\CCCCCCCC(=O)OC[C@@H](COC(=O)CCCCCCCCCCCCC)OC(=O)CCCCCCCCCCCCC. The van der Waals surface area contributed by atoms with Crippen LogP contribution in [0.1, 0.15) is 265 Å². The van der Waals surface area contributed by atoms with Crippen LogP contribution in [0, 0.1) is 0 Å². The summed E-state index contributed by atoms with van der Waals surface area (Å²) in [6, 6.07) is 0. The Balaban J connectivity index is 4.32. The van der Waals surface area contributed by atoms with Gasteiger partial charge in [-0.15, -0.1) is 0 Å². The van der Waals surface area contributed by atoms with Crippen LogP contribution in [0.3, 0.4) is 0 Å². The summed E-state index contributed by atoms with van der Waals surface area (Å²) in [4.78, 5) is 37.8. The zero-order valence-corrected chi connectivity index (χ0v) is 37.0. The lowest BCUT2D eigenvalue weighted by molar-refractivity contribution is -0.167. The molecular weight excluding hydrogens is 685 g/mol. The highest BCUT2D eigenvalue weighted by Crippen LogP contribution is 2.15. The third kappa shape index (κ3) is 43.1. The first kappa shape index (κ1) is 53.1. The summed E-state index contributed by atoms with van der Waals surface area (Å²) in [7, 11) is 0. The molecule has 0 heterocycles. The number of ether oxygens (including phenoxy) is 3. The lowest BCUT2D eigenvalue weighted by Crippen LogP contribution is -2.30. The average Bonchev–Trinajstić information content (AvgIpc) is 3.18. The van der Waals surface area contributed by atoms with Crippen molar-refractivity contribution >= 4 is 17.9 Å². The van der Waals surface area contributed by atoms with Gasteiger partial charge in [0.05, 0.1) is 0 Å². The van der Waals surface area contributed by atoms with Crippen LogP contribution in [0.5, 0.6) is 0 Å². The smallest absolute Gasteiger partial charge is 0.306 e. The number of hydrogen-bond acceptors (Lipinski definition) is 6. The molecule has 6 heteroatoms. The second-order valence-electron chi connectivity index (χ2n) is 16.4. The summed E-state index contributed by atoms with van der Waals surface area (Å²) in [5, 5.41) is 0. The van der Waals surface area contributed by atoms with Gasteiger partial charge < -0.3 is 14.2 Å². The molecule has 0 aromatic rings. The maximum Gasteiger partial charge on any atom is 0.306 e. The number of carbonyl (C=O) groups excluding carboxylic acids is 3. The van der Waals surface area contributed by atoms with E-state index in [1.807, 2.05) is 0 Å². The number of unbranched alkanes of at least 4 members (excludes halogenated alkanes) is 31. The fraction of sp³-hybridized carbons (Fsp3) is 0.898. The van der Waals surface area contributed by atoms with Crippen molar-refractivity contribution in [2.75, 3.05) is 13.2 Å². The van der Waals surface area contributed by atoms with Crippen LogP contribution in [0.15, 0.2) is 12.2 Å². The first-order valence-electron chi connectivity index (χ1n) is 24.2. The van der Waals surface area contributed by atoms with Gasteiger partial charge in [0.25, 0.3) is 0 Å². The number of hydrogen-bond donors (Lipinski definition) is 0. The molecule has 0 rings (SSSR count). The predicted octanol–water partition coefficient (Wildman–Crippen LogP) is 15.4. The van der Waals surface area contributed by atoms with Gasteiger partial charge in [0, 0.05) is 19.3 Å². The second-order valence-corrected chi connectivity index (χ2v) is 16.4. The number of rotatable bonds is 44. The Morgan fingerprint density at radius 3 is 0.909 bits per heavy atom. The third-order valence-electron chi connectivity index (χ3n) is 10.8. The first-order chi connectivity index (χ1) is 27.0. The summed E-state index contributed by atoms with van der Waals surface area (Å²) >= 11 is 0. The van der Waals surface area contributed by atoms with E-state index in [1.165, 1.54) is 161 Å². The molecule has 0 spiro atoms. The molecule has 0 radical (unpaired) electrons. The minimum atomic E-state index is -0.764. The van der Waals surface area contributed by atoms with Crippen LogP contribution in [-0.4, -0.2) is 37.2 Å². The Morgan fingerprint density at radius 2 is 0.600 bits per heavy atom. The molecule has 0 aliphatic rings. The van der Waals surface area contributed by atoms with Gasteiger partial charge in [0.15, 0.2) is 6.10 Å². The quantitative estimate of drug-likeness (QED) is 0.0265. The molecule has 0 aromatic carbocycles. The predicted molar refractivity (Wildman–Crippen MR) is 233 cm³/mol. The Labute approximate surface area is 341 Å². The molecule has 0 amide bonds. The lowest BCUT2D eigenvalue weighted by atomic mass is 10.1. The Hall–Kier alpha value is -1.85. The van der Waals surface area contributed by atoms with Crippen LogP contribution in [0.2, 0.25) is 0 Å². The van der Waals surface area contributed by atoms with Crippen molar-refractivity contribution in [1.82, 2.24) is 0 Å². The van der Waals surface area contributed by atoms with E-state index in [4.69, 9.17) is 14.2 Å². The van der Waals surface area contributed by atoms with E-state index in [-0.39, 0.29) is 31.1 Å². The van der Waals surface area contributed by atoms with E-state index in [1.54, 1.807) is 0 Å². The Kier molecular flexibility index (Phi) is 43.4. The van der Waals surface area contributed by atoms with Crippen LogP contribution in [-0.2, 0) is 28.6 Å². The minimum Gasteiger partial charge on any atom is -0.462 e. The average molecular weight is 777 g/mol. The molecule has 0 aliphatic carbocycles.